The maximum Gasteiger partial charge on any atom is 0.0302 e. The van der Waals surface area contributed by atoms with Crippen molar-refractivity contribution < 1.29 is 0 Å². The number of likely N-dealkylation sites (N-methyl/N-ethyl adjacent to an activating group) is 1. The third-order valence-corrected chi connectivity index (χ3v) is 4.03. The Morgan fingerprint density at radius 2 is 1.95 bits per heavy atom. The molecule has 108 valence electrons. The van der Waals surface area contributed by atoms with E-state index in [-0.39, 0.29) is 0 Å². The van der Waals surface area contributed by atoms with Crippen LogP contribution in [0.5, 0.6) is 0 Å². The summed E-state index contributed by atoms with van der Waals surface area (Å²) in [4.78, 5) is 5.04. The smallest absolute Gasteiger partial charge is 0.0302 e. The molecule has 0 aromatic carbocycles. The van der Waals surface area contributed by atoms with Crippen LogP contribution in [-0.4, -0.2) is 49.1 Å². The number of hydrogen-bond donors (Lipinski definition) is 0. The molecule has 0 spiro atoms. The largest absolute Gasteiger partial charge is 0.305 e. The molecule has 1 heterocycles. The van der Waals surface area contributed by atoms with Gasteiger partial charge in [0.05, 0.1) is 0 Å². The van der Waals surface area contributed by atoms with E-state index in [1.54, 1.807) is 0 Å². The molecule has 1 atom stereocenters. The Labute approximate surface area is 119 Å². The van der Waals surface area contributed by atoms with Crippen LogP contribution in [0.15, 0.2) is 37.0 Å². The molecule has 0 bridgehead atoms. The normalized spacial score (nSPS) is 19.7. The van der Waals surface area contributed by atoms with Gasteiger partial charge in [-0.1, -0.05) is 37.0 Å². The lowest BCUT2D eigenvalue weighted by molar-refractivity contribution is 0.215. The first-order valence-electron chi connectivity index (χ1n) is 7.42. The summed E-state index contributed by atoms with van der Waals surface area (Å²) >= 11 is 0. The van der Waals surface area contributed by atoms with E-state index in [0.717, 1.165) is 18.5 Å². The SMILES string of the molecule is C=CC(=C)CCCC(C(=C)C)N1CCCN(C)CC1. The van der Waals surface area contributed by atoms with Crippen molar-refractivity contribution in [3.8, 4) is 0 Å². The third kappa shape index (κ3) is 5.75. The highest BCUT2D eigenvalue weighted by Gasteiger charge is 2.21. The zero-order valence-corrected chi connectivity index (χ0v) is 12.8. The molecule has 2 nitrogen and oxygen atoms in total. The minimum atomic E-state index is 0.532. The number of allylic oxidation sites excluding steroid dienone is 2. The lowest BCUT2D eigenvalue weighted by Crippen LogP contribution is -2.38. The van der Waals surface area contributed by atoms with Gasteiger partial charge >= 0.3 is 0 Å². The van der Waals surface area contributed by atoms with Crippen LogP contribution in [0.25, 0.3) is 0 Å². The monoisotopic (exact) mass is 262 g/mol. The number of rotatable bonds is 7. The molecular formula is C17H30N2. The summed E-state index contributed by atoms with van der Waals surface area (Å²) in [7, 11) is 2.22. The first kappa shape index (κ1) is 16.2. The third-order valence-electron chi connectivity index (χ3n) is 4.03. The lowest BCUT2D eigenvalue weighted by Gasteiger charge is -2.31. The Hall–Kier alpha value is -0.860. The van der Waals surface area contributed by atoms with Gasteiger partial charge in [-0.05, 0) is 46.2 Å². The van der Waals surface area contributed by atoms with Crippen molar-refractivity contribution in [2.45, 2.75) is 38.6 Å². The zero-order valence-electron chi connectivity index (χ0n) is 12.8. The maximum absolute atomic E-state index is 4.20. The van der Waals surface area contributed by atoms with Gasteiger partial charge in [0, 0.05) is 25.7 Å². The average molecular weight is 262 g/mol. The molecule has 0 radical (unpaired) electrons. The minimum Gasteiger partial charge on any atom is -0.305 e. The fraction of sp³-hybridized carbons (Fsp3) is 0.647. The molecular weight excluding hydrogens is 232 g/mol. The molecule has 0 aromatic heterocycles. The van der Waals surface area contributed by atoms with Crippen LogP contribution in [0, 0.1) is 0 Å². The van der Waals surface area contributed by atoms with Crippen LogP contribution in [0.3, 0.4) is 0 Å². The molecule has 0 amide bonds. The summed E-state index contributed by atoms with van der Waals surface area (Å²) in [6.45, 7) is 18.9. The fourth-order valence-corrected chi connectivity index (χ4v) is 2.74. The topological polar surface area (TPSA) is 6.48 Å². The van der Waals surface area contributed by atoms with Crippen LogP contribution in [0.2, 0.25) is 0 Å². The van der Waals surface area contributed by atoms with Crippen molar-refractivity contribution in [3.05, 3.63) is 37.0 Å². The van der Waals surface area contributed by atoms with Crippen molar-refractivity contribution in [1.82, 2.24) is 9.80 Å². The van der Waals surface area contributed by atoms with E-state index >= 15 is 0 Å². The molecule has 1 saturated heterocycles. The Bertz CT molecular complexity index is 319. The van der Waals surface area contributed by atoms with E-state index < -0.39 is 0 Å². The van der Waals surface area contributed by atoms with Crippen molar-refractivity contribution in [3.63, 3.8) is 0 Å². The second-order valence-corrected chi connectivity index (χ2v) is 5.81. The highest BCUT2D eigenvalue weighted by atomic mass is 15.2. The molecule has 0 aromatic rings. The first-order chi connectivity index (χ1) is 9.04. The van der Waals surface area contributed by atoms with E-state index in [1.807, 2.05) is 6.08 Å². The second kappa shape index (κ2) is 8.34. The van der Waals surface area contributed by atoms with Gasteiger partial charge in [-0.2, -0.15) is 0 Å². The van der Waals surface area contributed by atoms with Gasteiger partial charge in [-0.15, -0.1) is 0 Å². The first-order valence-corrected chi connectivity index (χ1v) is 7.42. The summed E-state index contributed by atoms with van der Waals surface area (Å²) in [5.74, 6) is 0. The average Bonchev–Trinajstić information content (AvgIpc) is 2.59. The fourth-order valence-electron chi connectivity index (χ4n) is 2.74. The Morgan fingerprint density at radius 3 is 2.58 bits per heavy atom. The summed E-state index contributed by atoms with van der Waals surface area (Å²) in [5.41, 5.74) is 2.45. The summed E-state index contributed by atoms with van der Waals surface area (Å²) in [6.07, 6.45) is 6.55. The van der Waals surface area contributed by atoms with Crippen molar-refractivity contribution in [2.24, 2.45) is 0 Å². The summed E-state index contributed by atoms with van der Waals surface area (Å²) < 4.78 is 0. The lowest BCUT2D eigenvalue weighted by atomic mass is 9.99. The van der Waals surface area contributed by atoms with Crippen LogP contribution in [0.1, 0.15) is 32.6 Å². The van der Waals surface area contributed by atoms with Gasteiger partial charge in [0.15, 0.2) is 0 Å². The molecule has 2 heteroatoms. The van der Waals surface area contributed by atoms with Gasteiger partial charge in [0.2, 0.25) is 0 Å². The van der Waals surface area contributed by atoms with Gasteiger partial charge in [0.1, 0.15) is 0 Å². The van der Waals surface area contributed by atoms with E-state index in [2.05, 4.69) is 43.5 Å². The van der Waals surface area contributed by atoms with Gasteiger partial charge in [0.25, 0.3) is 0 Å². The molecule has 19 heavy (non-hydrogen) atoms. The highest BCUT2D eigenvalue weighted by molar-refractivity contribution is 5.11. The molecule has 0 aliphatic carbocycles. The van der Waals surface area contributed by atoms with Gasteiger partial charge in [-0.25, -0.2) is 0 Å². The van der Waals surface area contributed by atoms with E-state index in [1.165, 1.54) is 44.5 Å². The van der Waals surface area contributed by atoms with Crippen LogP contribution in [0.4, 0.5) is 0 Å². The Balaban J connectivity index is 2.49. The van der Waals surface area contributed by atoms with E-state index in [0.29, 0.717) is 6.04 Å². The van der Waals surface area contributed by atoms with Crippen molar-refractivity contribution in [2.75, 3.05) is 33.2 Å². The van der Waals surface area contributed by atoms with Gasteiger partial charge < -0.3 is 4.90 Å². The molecule has 1 aliphatic heterocycles. The standard InChI is InChI=1S/C17H30N2/c1-6-16(4)9-7-10-17(15(2)3)19-12-8-11-18(5)13-14-19/h6,17H,1-2,4,7-14H2,3,5H3. The number of nitrogens with zero attached hydrogens (tertiary/aromatic N) is 2. The van der Waals surface area contributed by atoms with Crippen LogP contribution < -0.4 is 0 Å². The number of hydrogen-bond acceptors (Lipinski definition) is 2. The second-order valence-electron chi connectivity index (χ2n) is 5.81. The van der Waals surface area contributed by atoms with Gasteiger partial charge in [-0.3, -0.25) is 4.90 Å². The van der Waals surface area contributed by atoms with Crippen molar-refractivity contribution in [1.29, 1.82) is 0 Å². The maximum atomic E-state index is 4.20. The molecule has 1 aliphatic rings. The Morgan fingerprint density at radius 1 is 1.21 bits per heavy atom. The minimum absolute atomic E-state index is 0.532. The predicted molar refractivity (Wildman–Crippen MR) is 85.5 cm³/mol. The Kier molecular flexibility index (Phi) is 7.11. The van der Waals surface area contributed by atoms with Crippen molar-refractivity contribution >= 4 is 0 Å². The zero-order chi connectivity index (χ0) is 14.3. The summed E-state index contributed by atoms with van der Waals surface area (Å²) in [6, 6.07) is 0.532. The van der Waals surface area contributed by atoms with E-state index in [4.69, 9.17) is 0 Å². The highest BCUT2D eigenvalue weighted by Crippen LogP contribution is 2.19. The van der Waals surface area contributed by atoms with Crippen LogP contribution >= 0.6 is 0 Å². The predicted octanol–water partition coefficient (Wildman–Crippen LogP) is 3.48. The molecule has 0 saturated carbocycles. The molecule has 0 N–H and O–H groups in total. The van der Waals surface area contributed by atoms with Crippen LogP contribution in [-0.2, 0) is 0 Å². The molecule has 1 unspecified atom stereocenters. The molecule has 1 fully saturated rings. The van der Waals surface area contributed by atoms with E-state index in [9.17, 15) is 0 Å². The molecule has 1 rings (SSSR count). The quantitative estimate of drug-likeness (QED) is 0.512. The summed E-state index contributed by atoms with van der Waals surface area (Å²) in [5, 5.41) is 0.